The van der Waals surface area contributed by atoms with Gasteiger partial charge < -0.3 is 9.84 Å². The molecule has 15 heavy (non-hydrogen) atoms. The van der Waals surface area contributed by atoms with E-state index in [9.17, 15) is 9.59 Å². The molecule has 0 aliphatic carbocycles. The standard InChI is InChI=1S/C10H15NO4/c1-10(2,3)15-9(14)11-5-4-7(6-11)8(12)13/h4H,5-6H2,1-3H3,(H,12,13). The summed E-state index contributed by atoms with van der Waals surface area (Å²) in [4.78, 5) is 23.5. The monoisotopic (exact) mass is 213 g/mol. The minimum atomic E-state index is -0.985. The molecule has 1 amide bonds. The molecule has 0 bridgehead atoms. The van der Waals surface area contributed by atoms with Crippen molar-refractivity contribution in [2.45, 2.75) is 26.4 Å². The third kappa shape index (κ3) is 3.27. The van der Waals surface area contributed by atoms with Crippen LogP contribution in [0, 0.1) is 0 Å². The van der Waals surface area contributed by atoms with Crippen molar-refractivity contribution in [3.63, 3.8) is 0 Å². The molecule has 5 nitrogen and oxygen atoms in total. The lowest BCUT2D eigenvalue weighted by Crippen LogP contribution is -2.35. The van der Waals surface area contributed by atoms with Crippen LogP contribution in [0.3, 0.4) is 0 Å². The van der Waals surface area contributed by atoms with E-state index in [4.69, 9.17) is 9.84 Å². The van der Waals surface area contributed by atoms with Crippen LogP contribution in [0.1, 0.15) is 20.8 Å². The Morgan fingerprint density at radius 2 is 2.07 bits per heavy atom. The van der Waals surface area contributed by atoms with Gasteiger partial charge in [0.15, 0.2) is 0 Å². The first-order chi connectivity index (χ1) is 6.79. The SMILES string of the molecule is CC(C)(C)OC(=O)N1CC=C(C(=O)O)C1. The molecule has 1 rings (SSSR count). The Morgan fingerprint density at radius 1 is 1.47 bits per heavy atom. The Bertz CT molecular complexity index is 314. The molecule has 1 heterocycles. The number of ether oxygens (including phenoxy) is 1. The lowest BCUT2D eigenvalue weighted by Gasteiger charge is -2.24. The summed E-state index contributed by atoms with van der Waals surface area (Å²) in [5, 5.41) is 8.70. The van der Waals surface area contributed by atoms with Crippen LogP contribution in [0.25, 0.3) is 0 Å². The summed E-state index contributed by atoms with van der Waals surface area (Å²) in [7, 11) is 0. The summed E-state index contributed by atoms with van der Waals surface area (Å²) in [6.45, 7) is 5.73. The van der Waals surface area contributed by atoms with Crippen molar-refractivity contribution in [3.05, 3.63) is 11.6 Å². The Hall–Kier alpha value is -1.52. The topological polar surface area (TPSA) is 66.8 Å². The zero-order valence-corrected chi connectivity index (χ0v) is 9.11. The smallest absolute Gasteiger partial charge is 0.410 e. The molecular weight excluding hydrogens is 198 g/mol. The van der Waals surface area contributed by atoms with Gasteiger partial charge in [-0.05, 0) is 20.8 Å². The van der Waals surface area contributed by atoms with Gasteiger partial charge in [-0.1, -0.05) is 6.08 Å². The molecule has 0 fully saturated rings. The maximum atomic E-state index is 11.5. The van der Waals surface area contributed by atoms with E-state index >= 15 is 0 Å². The van der Waals surface area contributed by atoms with E-state index < -0.39 is 17.7 Å². The number of aliphatic carboxylic acids is 1. The molecule has 1 N–H and O–H groups in total. The summed E-state index contributed by atoms with van der Waals surface area (Å²) in [6, 6.07) is 0. The Kier molecular flexibility index (Phi) is 3.02. The van der Waals surface area contributed by atoms with Crippen molar-refractivity contribution in [2.75, 3.05) is 13.1 Å². The minimum Gasteiger partial charge on any atom is -0.478 e. The number of carbonyl (C=O) groups excluding carboxylic acids is 1. The van der Waals surface area contributed by atoms with Gasteiger partial charge >= 0.3 is 12.1 Å². The van der Waals surface area contributed by atoms with Crippen LogP contribution in [-0.4, -0.2) is 40.8 Å². The van der Waals surface area contributed by atoms with E-state index in [-0.39, 0.29) is 12.1 Å². The molecule has 0 spiro atoms. The Morgan fingerprint density at radius 3 is 2.47 bits per heavy atom. The third-order valence-corrected chi connectivity index (χ3v) is 1.85. The molecule has 0 atom stereocenters. The second-order valence-electron chi connectivity index (χ2n) is 4.40. The molecule has 1 aliphatic heterocycles. The molecule has 0 aromatic heterocycles. The van der Waals surface area contributed by atoms with E-state index in [0.717, 1.165) is 0 Å². The van der Waals surface area contributed by atoms with Gasteiger partial charge in [0.2, 0.25) is 0 Å². The highest BCUT2D eigenvalue weighted by atomic mass is 16.6. The first-order valence-electron chi connectivity index (χ1n) is 4.70. The van der Waals surface area contributed by atoms with Gasteiger partial charge in [0.25, 0.3) is 0 Å². The fraction of sp³-hybridized carbons (Fsp3) is 0.600. The maximum absolute atomic E-state index is 11.5. The van der Waals surface area contributed by atoms with Gasteiger partial charge in [-0.2, -0.15) is 0 Å². The highest BCUT2D eigenvalue weighted by molar-refractivity contribution is 5.89. The Labute approximate surface area is 88.3 Å². The molecule has 5 heteroatoms. The molecule has 1 aliphatic rings. The van der Waals surface area contributed by atoms with Crippen LogP contribution in [0.2, 0.25) is 0 Å². The normalized spacial score (nSPS) is 16.2. The molecule has 0 unspecified atom stereocenters. The van der Waals surface area contributed by atoms with Crippen molar-refractivity contribution < 1.29 is 19.4 Å². The molecule has 0 aromatic rings. The van der Waals surface area contributed by atoms with Crippen LogP contribution < -0.4 is 0 Å². The van der Waals surface area contributed by atoms with Gasteiger partial charge in [0, 0.05) is 6.54 Å². The number of carboxylic acid groups (broad SMARTS) is 1. The van der Waals surface area contributed by atoms with Crippen LogP contribution in [0.5, 0.6) is 0 Å². The zero-order valence-electron chi connectivity index (χ0n) is 9.11. The van der Waals surface area contributed by atoms with Gasteiger partial charge in [-0.15, -0.1) is 0 Å². The van der Waals surface area contributed by atoms with E-state index in [1.165, 1.54) is 11.0 Å². The second-order valence-corrected chi connectivity index (χ2v) is 4.40. The third-order valence-electron chi connectivity index (χ3n) is 1.85. The van der Waals surface area contributed by atoms with Crippen molar-refractivity contribution >= 4 is 12.1 Å². The van der Waals surface area contributed by atoms with E-state index in [1.54, 1.807) is 20.8 Å². The van der Waals surface area contributed by atoms with Gasteiger partial charge in [-0.25, -0.2) is 9.59 Å². The maximum Gasteiger partial charge on any atom is 0.410 e. The van der Waals surface area contributed by atoms with Crippen LogP contribution in [-0.2, 0) is 9.53 Å². The first-order valence-corrected chi connectivity index (χ1v) is 4.70. The molecule has 0 aromatic carbocycles. The number of hydrogen-bond donors (Lipinski definition) is 1. The molecular formula is C10H15NO4. The molecule has 84 valence electrons. The first kappa shape index (κ1) is 11.6. The van der Waals surface area contributed by atoms with Crippen molar-refractivity contribution in [2.24, 2.45) is 0 Å². The highest BCUT2D eigenvalue weighted by Crippen LogP contribution is 2.14. The lowest BCUT2D eigenvalue weighted by atomic mass is 10.2. The average Bonchev–Trinajstić information content (AvgIpc) is 2.47. The van der Waals surface area contributed by atoms with Crippen LogP contribution >= 0.6 is 0 Å². The Balaban J connectivity index is 2.50. The molecule has 0 saturated heterocycles. The van der Waals surface area contributed by atoms with Crippen molar-refractivity contribution in [3.8, 4) is 0 Å². The van der Waals surface area contributed by atoms with Crippen molar-refractivity contribution in [1.82, 2.24) is 4.90 Å². The number of carboxylic acids is 1. The summed E-state index contributed by atoms with van der Waals surface area (Å²) < 4.78 is 5.11. The largest absolute Gasteiger partial charge is 0.478 e. The highest BCUT2D eigenvalue weighted by Gasteiger charge is 2.27. The summed E-state index contributed by atoms with van der Waals surface area (Å²) in [5.74, 6) is -0.985. The average molecular weight is 213 g/mol. The zero-order chi connectivity index (χ0) is 11.6. The number of rotatable bonds is 1. The van der Waals surface area contributed by atoms with Gasteiger partial charge in [-0.3, -0.25) is 4.90 Å². The minimum absolute atomic E-state index is 0.115. The summed E-state index contributed by atoms with van der Waals surface area (Å²) in [6.07, 6.45) is 1.04. The van der Waals surface area contributed by atoms with Gasteiger partial charge in [0.05, 0.1) is 12.1 Å². The number of hydrogen-bond acceptors (Lipinski definition) is 3. The summed E-state index contributed by atoms with van der Waals surface area (Å²) in [5.41, 5.74) is -0.316. The van der Waals surface area contributed by atoms with Crippen LogP contribution in [0.15, 0.2) is 11.6 Å². The lowest BCUT2D eigenvalue weighted by molar-refractivity contribution is -0.132. The summed E-state index contributed by atoms with van der Waals surface area (Å²) >= 11 is 0. The molecule has 0 radical (unpaired) electrons. The van der Waals surface area contributed by atoms with Crippen molar-refractivity contribution in [1.29, 1.82) is 0 Å². The number of carbonyl (C=O) groups is 2. The fourth-order valence-electron chi connectivity index (χ4n) is 1.18. The predicted molar refractivity (Wildman–Crippen MR) is 53.5 cm³/mol. The fourth-order valence-corrected chi connectivity index (χ4v) is 1.18. The van der Waals surface area contributed by atoms with E-state index in [2.05, 4.69) is 0 Å². The number of amides is 1. The van der Waals surface area contributed by atoms with Crippen LogP contribution in [0.4, 0.5) is 4.79 Å². The van der Waals surface area contributed by atoms with E-state index in [0.29, 0.717) is 6.54 Å². The quantitative estimate of drug-likeness (QED) is 0.711. The van der Waals surface area contributed by atoms with E-state index in [1.807, 2.05) is 0 Å². The predicted octanol–water partition coefficient (Wildman–Crippen LogP) is 1.25. The molecule has 0 saturated carbocycles. The van der Waals surface area contributed by atoms with Gasteiger partial charge in [0.1, 0.15) is 5.60 Å². The number of nitrogens with zero attached hydrogens (tertiary/aromatic N) is 1. The second kappa shape index (κ2) is 3.92.